The number of aliphatic hydroxyl groups excluding tert-OH is 1. The molecule has 0 aliphatic carbocycles. The second kappa shape index (κ2) is 5.71. The lowest BCUT2D eigenvalue weighted by Gasteiger charge is -2.10. The average molecular weight is 212 g/mol. The molecule has 0 aliphatic rings. The van der Waals surface area contributed by atoms with Crippen LogP contribution in [0.15, 0.2) is 18.2 Å². The molecule has 0 spiro atoms. The number of ether oxygens (including phenoxy) is 1. The van der Waals surface area contributed by atoms with E-state index in [1.807, 2.05) is 13.0 Å². The summed E-state index contributed by atoms with van der Waals surface area (Å²) in [6, 6.07) is 4.98. The molecule has 0 radical (unpaired) electrons. The van der Waals surface area contributed by atoms with Crippen molar-refractivity contribution < 1.29 is 14.2 Å². The van der Waals surface area contributed by atoms with Crippen LogP contribution in [0, 0.1) is 11.7 Å². The number of hydrogen-bond donors (Lipinski definition) is 1. The summed E-state index contributed by atoms with van der Waals surface area (Å²) in [4.78, 5) is 0. The molecule has 1 aromatic carbocycles. The summed E-state index contributed by atoms with van der Waals surface area (Å²) in [6.07, 6.45) is 1.52. The van der Waals surface area contributed by atoms with Gasteiger partial charge in [0, 0.05) is 6.61 Å². The van der Waals surface area contributed by atoms with E-state index in [1.54, 1.807) is 6.07 Å². The molecule has 0 fully saturated rings. The smallest absolute Gasteiger partial charge is 0.165 e. The van der Waals surface area contributed by atoms with Crippen LogP contribution >= 0.6 is 0 Å². The van der Waals surface area contributed by atoms with Crippen molar-refractivity contribution in [2.24, 2.45) is 5.92 Å². The lowest BCUT2D eigenvalue weighted by atomic mass is 9.98. The van der Waals surface area contributed by atoms with Gasteiger partial charge in [-0.05, 0) is 36.5 Å². The highest BCUT2D eigenvalue weighted by atomic mass is 19.1. The SMILES string of the molecule is COc1ccc(CC(C)CCO)cc1F. The maximum atomic E-state index is 13.3. The minimum Gasteiger partial charge on any atom is -0.494 e. The van der Waals surface area contributed by atoms with E-state index in [1.165, 1.54) is 13.2 Å². The van der Waals surface area contributed by atoms with Gasteiger partial charge < -0.3 is 9.84 Å². The van der Waals surface area contributed by atoms with Crippen LogP contribution in [-0.4, -0.2) is 18.8 Å². The molecule has 84 valence electrons. The van der Waals surface area contributed by atoms with E-state index in [0.717, 1.165) is 18.4 Å². The van der Waals surface area contributed by atoms with Crippen molar-refractivity contribution in [3.8, 4) is 5.75 Å². The van der Waals surface area contributed by atoms with Gasteiger partial charge in [-0.25, -0.2) is 4.39 Å². The van der Waals surface area contributed by atoms with Gasteiger partial charge in [0.25, 0.3) is 0 Å². The Labute approximate surface area is 89.7 Å². The Morgan fingerprint density at radius 2 is 2.20 bits per heavy atom. The van der Waals surface area contributed by atoms with Gasteiger partial charge in [0.05, 0.1) is 7.11 Å². The van der Waals surface area contributed by atoms with Gasteiger partial charge in [-0.1, -0.05) is 13.0 Å². The van der Waals surface area contributed by atoms with E-state index in [0.29, 0.717) is 5.92 Å². The van der Waals surface area contributed by atoms with Crippen molar-refractivity contribution in [2.45, 2.75) is 19.8 Å². The number of rotatable bonds is 5. The summed E-state index contributed by atoms with van der Waals surface area (Å²) in [5, 5.41) is 8.76. The van der Waals surface area contributed by atoms with Crippen LogP contribution in [-0.2, 0) is 6.42 Å². The largest absolute Gasteiger partial charge is 0.494 e. The molecule has 0 aromatic heterocycles. The lowest BCUT2D eigenvalue weighted by Crippen LogP contribution is -2.02. The Morgan fingerprint density at radius 3 is 2.73 bits per heavy atom. The van der Waals surface area contributed by atoms with Crippen LogP contribution < -0.4 is 4.74 Å². The highest BCUT2D eigenvalue weighted by molar-refractivity contribution is 5.29. The molecule has 1 unspecified atom stereocenters. The summed E-state index contributed by atoms with van der Waals surface area (Å²) in [5.74, 6) is 0.308. The Kier molecular flexibility index (Phi) is 4.56. The number of methoxy groups -OCH3 is 1. The van der Waals surface area contributed by atoms with Crippen molar-refractivity contribution >= 4 is 0 Å². The summed E-state index contributed by atoms with van der Waals surface area (Å²) in [6.45, 7) is 2.22. The Hall–Kier alpha value is -1.09. The average Bonchev–Trinajstić information content (AvgIpc) is 2.18. The van der Waals surface area contributed by atoms with Gasteiger partial charge in [-0.15, -0.1) is 0 Å². The van der Waals surface area contributed by atoms with E-state index in [4.69, 9.17) is 9.84 Å². The van der Waals surface area contributed by atoms with Crippen LogP contribution in [0.4, 0.5) is 4.39 Å². The molecule has 2 nitrogen and oxygen atoms in total. The third kappa shape index (κ3) is 3.51. The van der Waals surface area contributed by atoms with Crippen LogP contribution in [0.2, 0.25) is 0 Å². The van der Waals surface area contributed by atoms with Crippen molar-refractivity contribution in [3.05, 3.63) is 29.6 Å². The summed E-state index contributed by atoms with van der Waals surface area (Å²) in [5.41, 5.74) is 0.939. The third-order valence-corrected chi connectivity index (χ3v) is 2.42. The van der Waals surface area contributed by atoms with Gasteiger partial charge in [0.15, 0.2) is 11.6 Å². The maximum absolute atomic E-state index is 13.3. The molecule has 1 aromatic rings. The summed E-state index contributed by atoms with van der Waals surface area (Å²) >= 11 is 0. The van der Waals surface area contributed by atoms with Gasteiger partial charge in [-0.2, -0.15) is 0 Å². The highest BCUT2D eigenvalue weighted by Crippen LogP contribution is 2.20. The molecule has 15 heavy (non-hydrogen) atoms. The quantitative estimate of drug-likeness (QED) is 0.812. The number of aliphatic hydroxyl groups is 1. The zero-order chi connectivity index (χ0) is 11.3. The molecule has 0 saturated heterocycles. The monoisotopic (exact) mass is 212 g/mol. The first-order valence-electron chi connectivity index (χ1n) is 5.10. The van der Waals surface area contributed by atoms with Gasteiger partial charge in [0.1, 0.15) is 0 Å². The number of halogens is 1. The van der Waals surface area contributed by atoms with Crippen molar-refractivity contribution in [2.75, 3.05) is 13.7 Å². The topological polar surface area (TPSA) is 29.5 Å². The van der Waals surface area contributed by atoms with Gasteiger partial charge in [-0.3, -0.25) is 0 Å². The zero-order valence-electron chi connectivity index (χ0n) is 9.16. The fourth-order valence-electron chi connectivity index (χ4n) is 1.56. The fourth-order valence-corrected chi connectivity index (χ4v) is 1.56. The van der Waals surface area contributed by atoms with Crippen LogP contribution in [0.3, 0.4) is 0 Å². The molecule has 1 N–H and O–H groups in total. The molecular weight excluding hydrogens is 195 g/mol. The Bertz CT molecular complexity index is 312. The first kappa shape index (κ1) is 12.0. The van der Waals surface area contributed by atoms with Gasteiger partial charge in [0.2, 0.25) is 0 Å². The van der Waals surface area contributed by atoms with E-state index in [9.17, 15) is 4.39 Å². The highest BCUT2D eigenvalue weighted by Gasteiger charge is 2.07. The standard InChI is InChI=1S/C12H17FO2/c1-9(5-6-14)7-10-3-4-12(15-2)11(13)8-10/h3-4,8-9,14H,5-7H2,1-2H3. The molecular formula is C12H17FO2. The Morgan fingerprint density at radius 1 is 1.47 bits per heavy atom. The molecule has 1 rings (SSSR count). The van der Waals surface area contributed by atoms with E-state index >= 15 is 0 Å². The van der Waals surface area contributed by atoms with Crippen LogP contribution in [0.5, 0.6) is 5.75 Å². The van der Waals surface area contributed by atoms with Crippen LogP contribution in [0.1, 0.15) is 18.9 Å². The van der Waals surface area contributed by atoms with Crippen molar-refractivity contribution in [1.82, 2.24) is 0 Å². The normalized spacial score (nSPS) is 12.5. The molecule has 0 bridgehead atoms. The molecule has 0 aliphatic heterocycles. The first-order chi connectivity index (χ1) is 7.17. The fraction of sp³-hybridized carbons (Fsp3) is 0.500. The molecule has 0 amide bonds. The third-order valence-electron chi connectivity index (χ3n) is 2.42. The minimum atomic E-state index is -0.328. The Balaban J connectivity index is 2.66. The predicted molar refractivity (Wildman–Crippen MR) is 57.5 cm³/mol. The van der Waals surface area contributed by atoms with E-state index in [-0.39, 0.29) is 18.2 Å². The molecule has 0 saturated carbocycles. The van der Waals surface area contributed by atoms with Crippen molar-refractivity contribution in [1.29, 1.82) is 0 Å². The summed E-state index contributed by atoms with van der Waals surface area (Å²) in [7, 11) is 1.45. The lowest BCUT2D eigenvalue weighted by molar-refractivity contribution is 0.262. The predicted octanol–water partition coefficient (Wildman–Crippen LogP) is 2.40. The van der Waals surface area contributed by atoms with Crippen molar-refractivity contribution in [3.63, 3.8) is 0 Å². The zero-order valence-corrected chi connectivity index (χ0v) is 9.16. The van der Waals surface area contributed by atoms with Gasteiger partial charge >= 0.3 is 0 Å². The molecule has 1 atom stereocenters. The number of hydrogen-bond acceptors (Lipinski definition) is 2. The number of benzene rings is 1. The second-order valence-electron chi connectivity index (χ2n) is 3.79. The van der Waals surface area contributed by atoms with Crippen LogP contribution in [0.25, 0.3) is 0 Å². The summed E-state index contributed by atoms with van der Waals surface area (Å²) < 4.78 is 18.1. The van der Waals surface area contributed by atoms with E-state index in [2.05, 4.69) is 0 Å². The molecule has 0 heterocycles. The van der Waals surface area contributed by atoms with E-state index < -0.39 is 0 Å². The maximum Gasteiger partial charge on any atom is 0.165 e. The minimum absolute atomic E-state index is 0.180. The second-order valence-corrected chi connectivity index (χ2v) is 3.79. The first-order valence-corrected chi connectivity index (χ1v) is 5.10. The molecule has 3 heteroatoms.